The molecule has 1 unspecified atom stereocenters. The minimum Gasteiger partial charge on any atom is -0.336 e. The van der Waals surface area contributed by atoms with E-state index in [-0.39, 0.29) is 5.91 Å². The average molecular weight is 402 g/mol. The highest BCUT2D eigenvalue weighted by Crippen LogP contribution is 2.25. The number of fused-ring (bicyclic) bond motifs is 1. The van der Waals surface area contributed by atoms with E-state index in [0.29, 0.717) is 12.1 Å². The summed E-state index contributed by atoms with van der Waals surface area (Å²) in [7, 11) is 3.95. The molecule has 2 aromatic carbocycles. The highest BCUT2D eigenvalue weighted by molar-refractivity contribution is 8.76. The molecule has 0 radical (unpaired) electrons. The molecular formula is C21H27N3OS2. The van der Waals surface area contributed by atoms with Crippen LogP contribution in [0.15, 0.2) is 42.5 Å². The van der Waals surface area contributed by atoms with E-state index in [1.54, 1.807) is 0 Å². The van der Waals surface area contributed by atoms with Gasteiger partial charge in [-0.05, 0) is 23.8 Å². The summed E-state index contributed by atoms with van der Waals surface area (Å²) in [4.78, 5) is 17.8. The molecule has 4 rings (SSSR count). The number of rotatable bonds is 3. The maximum absolute atomic E-state index is 13.2. The Kier molecular flexibility index (Phi) is 6.28. The second-order valence-electron chi connectivity index (χ2n) is 7.38. The lowest BCUT2D eigenvalue weighted by molar-refractivity contribution is 0.0499. The van der Waals surface area contributed by atoms with Crippen molar-refractivity contribution in [2.75, 3.05) is 44.2 Å². The molecule has 0 spiro atoms. The second kappa shape index (κ2) is 8.86. The Bertz CT molecular complexity index is 787. The summed E-state index contributed by atoms with van der Waals surface area (Å²) < 4.78 is 0. The van der Waals surface area contributed by atoms with Crippen LogP contribution in [0.3, 0.4) is 0 Å². The number of piperazine rings is 1. The van der Waals surface area contributed by atoms with Gasteiger partial charge in [-0.1, -0.05) is 58.0 Å². The van der Waals surface area contributed by atoms with Crippen LogP contribution in [-0.2, 0) is 0 Å². The molecular weight excluding hydrogens is 374 g/mol. The molecule has 2 aliphatic heterocycles. The van der Waals surface area contributed by atoms with Gasteiger partial charge >= 0.3 is 0 Å². The van der Waals surface area contributed by atoms with Crippen LogP contribution >= 0.6 is 21.6 Å². The Balaban J connectivity index is 1.42. The molecule has 1 amide bonds. The lowest BCUT2D eigenvalue weighted by Crippen LogP contribution is -2.56. The molecule has 2 aliphatic rings. The van der Waals surface area contributed by atoms with Gasteiger partial charge in [0.05, 0.1) is 0 Å². The van der Waals surface area contributed by atoms with E-state index in [9.17, 15) is 4.79 Å². The number of amides is 1. The maximum Gasteiger partial charge on any atom is 0.254 e. The van der Waals surface area contributed by atoms with Gasteiger partial charge in [0, 0.05) is 61.9 Å². The molecule has 2 atom stereocenters. The van der Waals surface area contributed by atoms with E-state index in [4.69, 9.17) is 0 Å². The fraction of sp³-hybridized carbons (Fsp3) is 0.476. The highest BCUT2D eigenvalue weighted by atomic mass is 33.1. The maximum atomic E-state index is 13.2. The largest absolute Gasteiger partial charge is 0.336 e. The first-order valence-electron chi connectivity index (χ1n) is 9.71. The summed E-state index contributed by atoms with van der Waals surface area (Å²) >= 11 is 0. The summed E-state index contributed by atoms with van der Waals surface area (Å²) in [5, 5.41) is 5.85. The van der Waals surface area contributed by atoms with Gasteiger partial charge in [0.2, 0.25) is 0 Å². The molecule has 0 bridgehead atoms. The van der Waals surface area contributed by atoms with Crippen LogP contribution in [-0.4, -0.2) is 72.0 Å². The monoisotopic (exact) mass is 401 g/mol. The smallest absolute Gasteiger partial charge is 0.254 e. The average Bonchev–Trinajstić information content (AvgIpc) is 2.97. The van der Waals surface area contributed by atoms with Crippen molar-refractivity contribution < 1.29 is 4.79 Å². The van der Waals surface area contributed by atoms with Crippen molar-refractivity contribution in [2.24, 2.45) is 0 Å². The number of carbonyl (C=O) groups excluding carboxylic acids is 1. The molecule has 4 nitrogen and oxygen atoms in total. The molecule has 27 heavy (non-hydrogen) atoms. The minimum absolute atomic E-state index is 0.165. The zero-order valence-electron chi connectivity index (χ0n) is 15.8. The van der Waals surface area contributed by atoms with E-state index >= 15 is 0 Å². The van der Waals surface area contributed by atoms with Crippen LogP contribution in [0.5, 0.6) is 0 Å². The van der Waals surface area contributed by atoms with Gasteiger partial charge in [0.15, 0.2) is 0 Å². The summed E-state index contributed by atoms with van der Waals surface area (Å²) in [6.45, 7) is 6.98. The Hall–Kier alpha value is -1.21. The van der Waals surface area contributed by atoms with Crippen LogP contribution in [0, 0.1) is 0 Å². The van der Waals surface area contributed by atoms with Crippen molar-refractivity contribution in [3.8, 4) is 0 Å². The number of benzene rings is 2. The van der Waals surface area contributed by atoms with Crippen LogP contribution < -0.4 is 5.32 Å². The topological polar surface area (TPSA) is 35.6 Å². The quantitative estimate of drug-likeness (QED) is 0.798. The van der Waals surface area contributed by atoms with Crippen molar-refractivity contribution in [3.63, 3.8) is 0 Å². The Morgan fingerprint density at radius 2 is 2.00 bits per heavy atom. The van der Waals surface area contributed by atoms with Crippen molar-refractivity contribution >= 4 is 38.3 Å². The van der Waals surface area contributed by atoms with Crippen LogP contribution in [0.25, 0.3) is 10.8 Å². The minimum atomic E-state index is 0.165. The lowest BCUT2D eigenvalue weighted by Gasteiger charge is -2.41. The van der Waals surface area contributed by atoms with Crippen LogP contribution in [0.4, 0.5) is 0 Å². The van der Waals surface area contributed by atoms with Crippen LogP contribution in [0.2, 0.25) is 0 Å². The van der Waals surface area contributed by atoms with E-state index < -0.39 is 0 Å². The van der Waals surface area contributed by atoms with Crippen molar-refractivity contribution in [1.29, 1.82) is 0 Å². The van der Waals surface area contributed by atoms with Gasteiger partial charge in [-0.2, -0.15) is 0 Å². The third kappa shape index (κ3) is 4.45. The van der Waals surface area contributed by atoms with Crippen molar-refractivity contribution in [2.45, 2.75) is 19.0 Å². The summed E-state index contributed by atoms with van der Waals surface area (Å²) in [5.74, 6) is 2.51. The summed E-state index contributed by atoms with van der Waals surface area (Å²) in [6.07, 6.45) is 0. The number of hydrogen-bond acceptors (Lipinski definition) is 5. The van der Waals surface area contributed by atoms with Crippen LogP contribution in [0.1, 0.15) is 17.3 Å². The molecule has 144 valence electrons. The zero-order chi connectivity index (χ0) is 18.6. The number of carbonyl (C=O) groups is 1. The Morgan fingerprint density at radius 1 is 1.15 bits per heavy atom. The predicted molar refractivity (Wildman–Crippen MR) is 118 cm³/mol. The van der Waals surface area contributed by atoms with Gasteiger partial charge in [-0.3, -0.25) is 9.69 Å². The lowest BCUT2D eigenvalue weighted by atomic mass is 10.0. The Labute approximate surface area is 169 Å². The zero-order valence-corrected chi connectivity index (χ0v) is 17.4. The first-order valence-corrected chi connectivity index (χ1v) is 12.2. The predicted octanol–water partition coefficient (Wildman–Crippen LogP) is 3.34. The second-order valence-corrected chi connectivity index (χ2v) is 10.0. The number of nitrogens with one attached hydrogen (secondary N) is 1. The summed E-state index contributed by atoms with van der Waals surface area (Å²) in [6, 6.07) is 15.1. The molecule has 0 saturated carbocycles. The molecule has 1 N–H and O–H groups in total. The molecule has 2 saturated heterocycles. The molecule has 6 heteroatoms. The molecule has 2 aromatic rings. The molecule has 0 aliphatic carbocycles. The fourth-order valence-electron chi connectivity index (χ4n) is 3.99. The van der Waals surface area contributed by atoms with Crippen molar-refractivity contribution in [3.05, 3.63) is 48.0 Å². The first kappa shape index (κ1) is 19.1. The van der Waals surface area contributed by atoms with E-state index in [1.165, 1.54) is 5.75 Å². The molecule has 2 fully saturated rings. The Morgan fingerprint density at radius 3 is 2.89 bits per heavy atom. The normalized spacial score (nSPS) is 24.7. The van der Waals surface area contributed by atoms with E-state index in [1.807, 2.05) is 50.8 Å². The first-order chi connectivity index (χ1) is 13.2. The number of nitrogens with zero attached hydrogens (tertiary/aromatic N) is 2. The third-order valence-corrected chi connectivity index (χ3v) is 7.98. The fourth-order valence-corrected chi connectivity index (χ4v) is 6.17. The van der Waals surface area contributed by atoms with Gasteiger partial charge in [-0.15, -0.1) is 0 Å². The summed E-state index contributed by atoms with van der Waals surface area (Å²) in [5.41, 5.74) is 0.826. The third-order valence-electron chi connectivity index (χ3n) is 5.50. The highest BCUT2D eigenvalue weighted by Gasteiger charge is 2.29. The van der Waals surface area contributed by atoms with Gasteiger partial charge in [0.1, 0.15) is 0 Å². The van der Waals surface area contributed by atoms with Gasteiger partial charge < -0.3 is 10.2 Å². The van der Waals surface area contributed by atoms with Gasteiger partial charge in [-0.25, -0.2) is 0 Å². The SMILES string of the molecule is CC1CN(C(=O)c2cccc3ccccc23)CCN1C[C@@H]1CSSCCN1. The standard InChI is InChI=1S/C21H27N3OS2/c1-16-13-24(11-10-23(16)14-18-15-27-26-12-9-22-18)21(25)20-8-4-6-17-5-2-3-7-19(17)20/h2-8,16,18,22H,9-15H2,1H3/t16?,18-/m1/s1. The van der Waals surface area contributed by atoms with E-state index in [2.05, 4.69) is 35.3 Å². The number of hydrogen-bond donors (Lipinski definition) is 1. The van der Waals surface area contributed by atoms with Crippen molar-refractivity contribution in [1.82, 2.24) is 15.1 Å². The molecule has 2 heterocycles. The van der Waals surface area contributed by atoms with E-state index in [0.717, 1.165) is 54.8 Å². The van der Waals surface area contributed by atoms with Gasteiger partial charge in [0.25, 0.3) is 5.91 Å². The molecule has 0 aromatic heterocycles.